The standard InChI is InChI=1S/C17H16ClN3O2/c1-4-21-16-15(10(2)20-21)13(17(22)23-3)9-14(19-16)11-5-7-12(18)8-6-11/h5-9H,4H2,1-3H3. The van der Waals surface area contributed by atoms with E-state index in [0.29, 0.717) is 28.5 Å². The van der Waals surface area contributed by atoms with Crippen LogP contribution in [0.2, 0.25) is 5.02 Å². The number of hydrogen-bond donors (Lipinski definition) is 0. The Balaban J connectivity index is 2.32. The molecule has 3 aromatic rings. The lowest BCUT2D eigenvalue weighted by Gasteiger charge is -2.07. The van der Waals surface area contributed by atoms with Crippen molar-refractivity contribution in [2.24, 2.45) is 0 Å². The van der Waals surface area contributed by atoms with E-state index < -0.39 is 5.97 Å². The maximum atomic E-state index is 12.2. The van der Waals surface area contributed by atoms with Gasteiger partial charge in [0.25, 0.3) is 0 Å². The highest BCUT2D eigenvalue weighted by Gasteiger charge is 2.20. The third-order valence-corrected chi connectivity index (χ3v) is 3.97. The number of aryl methyl sites for hydroxylation is 2. The topological polar surface area (TPSA) is 57.0 Å². The molecule has 0 amide bonds. The van der Waals surface area contributed by atoms with Gasteiger partial charge in [0.05, 0.1) is 29.4 Å². The van der Waals surface area contributed by atoms with Crippen molar-refractivity contribution < 1.29 is 9.53 Å². The summed E-state index contributed by atoms with van der Waals surface area (Å²) in [5.74, 6) is -0.397. The van der Waals surface area contributed by atoms with Crippen molar-refractivity contribution in [1.82, 2.24) is 14.8 Å². The van der Waals surface area contributed by atoms with Gasteiger partial charge in [0, 0.05) is 17.1 Å². The quantitative estimate of drug-likeness (QED) is 0.684. The molecule has 0 aliphatic rings. The van der Waals surface area contributed by atoms with Crippen molar-refractivity contribution >= 4 is 28.6 Å². The number of esters is 1. The van der Waals surface area contributed by atoms with Crippen LogP contribution in [-0.4, -0.2) is 27.8 Å². The lowest BCUT2D eigenvalue weighted by atomic mass is 10.1. The molecule has 0 atom stereocenters. The molecule has 0 aliphatic heterocycles. The number of rotatable bonds is 3. The first kappa shape index (κ1) is 15.5. The van der Waals surface area contributed by atoms with Crippen molar-refractivity contribution in [3.63, 3.8) is 0 Å². The monoisotopic (exact) mass is 329 g/mol. The Morgan fingerprint density at radius 1 is 1.30 bits per heavy atom. The van der Waals surface area contributed by atoms with Gasteiger partial charge in [-0.2, -0.15) is 5.10 Å². The lowest BCUT2D eigenvalue weighted by molar-refractivity contribution is 0.0603. The number of pyridine rings is 1. The molecule has 2 heterocycles. The van der Waals surface area contributed by atoms with Gasteiger partial charge in [-0.25, -0.2) is 14.5 Å². The highest BCUT2D eigenvalue weighted by atomic mass is 35.5. The van der Waals surface area contributed by atoms with Crippen LogP contribution < -0.4 is 0 Å². The second-order valence-corrected chi connectivity index (χ2v) is 5.59. The van der Waals surface area contributed by atoms with Gasteiger partial charge in [0.1, 0.15) is 0 Å². The number of hydrogen-bond acceptors (Lipinski definition) is 4. The van der Waals surface area contributed by atoms with Crippen molar-refractivity contribution in [2.75, 3.05) is 7.11 Å². The summed E-state index contributed by atoms with van der Waals surface area (Å²) in [6, 6.07) is 9.08. The van der Waals surface area contributed by atoms with Crippen LogP contribution in [0.1, 0.15) is 23.0 Å². The van der Waals surface area contributed by atoms with Crippen molar-refractivity contribution in [1.29, 1.82) is 0 Å². The summed E-state index contributed by atoms with van der Waals surface area (Å²) in [5, 5.41) is 5.84. The number of carbonyl (C=O) groups excluding carboxylic acids is 1. The average molecular weight is 330 g/mol. The van der Waals surface area contributed by atoms with E-state index in [-0.39, 0.29) is 0 Å². The average Bonchev–Trinajstić information content (AvgIpc) is 2.90. The van der Waals surface area contributed by atoms with Gasteiger partial charge in [-0.3, -0.25) is 0 Å². The highest BCUT2D eigenvalue weighted by molar-refractivity contribution is 6.30. The molecule has 0 N–H and O–H groups in total. The smallest absolute Gasteiger partial charge is 0.338 e. The van der Waals surface area contributed by atoms with Crippen LogP contribution in [0.3, 0.4) is 0 Å². The van der Waals surface area contributed by atoms with Gasteiger partial charge in [0.15, 0.2) is 5.65 Å². The third-order valence-electron chi connectivity index (χ3n) is 3.72. The van der Waals surface area contributed by atoms with Crippen molar-refractivity contribution in [2.45, 2.75) is 20.4 Å². The van der Waals surface area contributed by atoms with Crippen molar-refractivity contribution in [3.05, 3.63) is 46.6 Å². The number of methoxy groups -OCH3 is 1. The fourth-order valence-corrected chi connectivity index (χ4v) is 2.74. The minimum absolute atomic E-state index is 0.397. The predicted octanol–water partition coefficient (Wildman–Crippen LogP) is 3.87. The second kappa shape index (κ2) is 6.01. The van der Waals surface area contributed by atoms with E-state index in [9.17, 15) is 4.79 Å². The first-order chi connectivity index (χ1) is 11.0. The van der Waals surface area contributed by atoms with E-state index in [4.69, 9.17) is 21.3 Å². The van der Waals surface area contributed by atoms with Crippen LogP contribution in [0.15, 0.2) is 30.3 Å². The molecule has 0 unspecified atom stereocenters. The molecule has 6 heteroatoms. The number of ether oxygens (including phenoxy) is 1. The molecular formula is C17H16ClN3O2. The normalized spacial score (nSPS) is 11.0. The molecule has 0 spiro atoms. The van der Waals surface area contributed by atoms with Crippen LogP contribution in [-0.2, 0) is 11.3 Å². The molecule has 1 aromatic carbocycles. The number of fused-ring (bicyclic) bond motifs is 1. The van der Waals surface area contributed by atoms with E-state index in [2.05, 4.69) is 5.10 Å². The van der Waals surface area contributed by atoms with Gasteiger partial charge in [-0.1, -0.05) is 23.7 Å². The van der Waals surface area contributed by atoms with Gasteiger partial charge in [-0.15, -0.1) is 0 Å². The molecule has 23 heavy (non-hydrogen) atoms. The Morgan fingerprint density at radius 3 is 2.61 bits per heavy atom. The highest BCUT2D eigenvalue weighted by Crippen LogP contribution is 2.28. The van der Waals surface area contributed by atoms with Crippen LogP contribution in [0, 0.1) is 6.92 Å². The minimum atomic E-state index is -0.397. The summed E-state index contributed by atoms with van der Waals surface area (Å²) in [6.45, 7) is 4.52. The molecular weight excluding hydrogens is 314 g/mol. The largest absolute Gasteiger partial charge is 0.465 e. The van der Waals surface area contributed by atoms with Crippen LogP contribution in [0.25, 0.3) is 22.3 Å². The Labute approximate surface area is 138 Å². The van der Waals surface area contributed by atoms with Gasteiger partial charge in [-0.05, 0) is 32.0 Å². The van der Waals surface area contributed by atoms with E-state index in [1.165, 1.54) is 7.11 Å². The lowest BCUT2D eigenvalue weighted by Crippen LogP contribution is -2.05. The van der Waals surface area contributed by atoms with Gasteiger partial charge < -0.3 is 4.74 Å². The zero-order chi connectivity index (χ0) is 16.6. The molecule has 3 rings (SSSR count). The number of nitrogens with zero attached hydrogens (tertiary/aromatic N) is 3. The molecule has 0 saturated heterocycles. The summed E-state index contributed by atoms with van der Waals surface area (Å²) < 4.78 is 6.72. The Bertz CT molecular complexity index is 885. The van der Waals surface area contributed by atoms with Crippen LogP contribution in [0.4, 0.5) is 0 Å². The summed E-state index contributed by atoms with van der Waals surface area (Å²) in [6.07, 6.45) is 0. The molecule has 0 aliphatic carbocycles. The first-order valence-electron chi connectivity index (χ1n) is 7.27. The summed E-state index contributed by atoms with van der Waals surface area (Å²) >= 11 is 5.94. The third kappa shape index (κ3) is 2.68. The fourth-order valence-electron chi connectivity index (χ4n) is 2.61. The van der Waals surface area contributed by atoms with E-state index >= 15 is 0 Å². The SMILES string of the molecule is CCn1nc(C)c2c(C(=O)OC)cc(-c3ccc(Cl)cc3)nc21. The zero-order valence-electron chi connectivity index (χ0n) is 13.1. The molecule has 0 bridgehead atoms. The van der Waals surface area contributed by atoms with E-state index in [0.717, 1.165) is 16.6 Å². The van der Waals surface area contributed by atoms with E-state index in [1.54, 1.807) is 22.9 Å². The summed E-state index contributed by atoms with van der Waals surface area (Å²) in [7, 11) is 1.37. The van der Waals surface area contributed by atoms with Gasteiger partial charge >= 0.3 is 5.97 Å². The van der Waals surface area contributed by atoms with Crippen molar-refractivity contribution in [3.8, 4) is 11.3 Å². The molecule has 2 aromatic heterocycles. The predicted molar refractivity (Wildman–Crippen MR) is 89.7 cm³/mol. The summed E-state index contributed by atoms with van der Waals surface area (Å²) in [4.78, 5) is 16.9. The number of carbonyl (C=O) groups is 1. The minimum Gasteiger partial charge on any atom is -0.465 e. The molecule has 0 saturated carbocycles. The maximum Gasteiger partial charge on any atom is 0.338 e. The number of benzene rings is 1. The fraction of sp³-hybridized carbons (Fsp3) is 0.235. The number of aromatic nitrogens is 3. The molecule has 118 valence electrons. The van der Waals surface area contributed by atoms with Crippen LogP contribution >= 0.6 is 11.6 Å². The molecule has 0 radical (unpaired) electrons. The molecule has 0 fully saturated rings. The van der Waals surface area contributed by atoms with Crippen LogP contribution in [0.5, 0.6) is 0 Å². The second-order valence-electron chi connectivity index (χ2n) is 5.15. The zero-order valence-corrected chi connectivity index (χ0v) is 13.9. The summed E-state index contributed by atoms with van der Waals surface area (Å²) in [5.41, 5.74) is 3.47. The Hall–Kier alpha value is -2.40. The first-order valence-corrected chi connectivity index (χ1v) is 7.65. The van der Waals surface area contributed by atoms with Gasteiger partial charge in [0.2, 0.25) is 0 Å². The Morgan fingerprint density at radius 2 is 2.00 bits per heavy atom. The maximum absolute atomic E-state index is 12.2. The number of halogens is 1. The van der Waals surface area contributed by atoms with E-state index in [1.807, 2.05) is 26.0 Å². The Kier molecular flexibility index (Phi) is 4.05. The molecule has 5 nitrogen and oxygen atoms in total.